The zero-order valence-electron chi connectivity index (χ0n) is 14.1. The molecule has 0 bridgehead atoms. The molecule has 1 amide bonds. The van der Waals surface area contributed by atoms with Gasteiger partial charge in [-0.2, -0.15) is 0 Å². The Labute approximate surface area is 137 Å². The van der Waals surface area contributed by atoms with Gasteiger partial charge in [0.15, 0.2) is 0 Å². The maximum Gasteiger partial charge on any atom is 0.254 e. The Morgan fingerprint density at radius 2 is 1.96 bits per heavy atom. The lowest BCUT2D eigenvalue weighted by Gasteiger charge is -2.10. The van der Waals surface area contributed by atoms with E-state index >= 15 is 0 Å². The number of nitrogens with zero attached hydrogens (tertiary/aromatic N) is 2. The summed E-state index contributed by atoms with van der Waals surface area (Å²) < 4.78 is 5.13. The minimum atomic E-state index is -0.133. The molecule has 1 N–H and O–H groups in total. The van der Waals surface area contributed by atoms with Crippen LogP contribution in [0.15, 0.2) is 30.5 Å². The van der Waals surface area contributed by atoms with Gasteiger partial charge < -0.3 is 10.1 Å². The first-order valence-corrected chi connectivity index (χ1v) is 7.76. The molecule has 122 valence electrons. The van der Waals surface area contributed by atoms with Crippen molar-refractivity contribution >= 4 is 5.91 Å². The summed E-state index contributed by atoms with van der Waals surface area (Å²) in [7, 11) is 1.64. The van der Waals surface area contributed by atoms with Crippen molar-refractivity contribution in [2.45, 2.75) is 33.1 Å². The Balaban J connectivity index is 1.91. The Kier molecular flexibility index (Phi) is 5.68. The molecule has 1 aromatic carbocycles. The first-order valence-electron chi connectivity index (χ1n) is 7.76. The molecule has 0 unspecified atom stereocenters. The summed E-state index contributed by atoms with van der Waals surface area (Å²) in [6.45, 7) is 6.47. The molecule has 0 aliphatic rings. The summed E-state index contributed by atoms with van der Waals surface area (Å²) in [5.41, 5.74) is 2.39. The Morgan fingerprint density at radius 1 is 1.26 bits per heavy atom. The topological polar surface area (TPSA) is 64.1 Å². The van der Waals surface area contributed by atoms with E-state index in [1.54, 1.807) is 13.3 Å². The number of methoxy groups -OCH3 is 1. The van der Waals surface area contributed by atoms with Crippen LogP contribution in [0.3, 0.4) is 0 Å². The smallest absolute Gasteiger partial charge is 0.254 e. The summed E-state index contributed by atoms with van der Waals surface area (Å²) in [4.78, 5) is 20.9. The number of aryl methyl sites for hydroxylation is 1. The van der Waals surface area contributed by atoms with Crippen molar-refractivity contribution in [1.29, 1.82) is 0 Å². The number of rotatable bonds is 6. The van der Waals surface area contributed by atoms with Gasteiger partial charge in [0, 0.05) is 18.7 Å². The summed E-state index contributed by atoms with van der Waals surface area (Å²) in [6.07, 6.45) is 2.38. The lowest BCUT2D eigenvalue weighted by atomic mass is 10.1. The van der Waals surface area contributed by atoms with Crippen LogP contribution >= 0.6 is 0 Å². The molecule has 0 saturated carbocycles. The van der Waals surface area contributed by atoms with Crippen molar-refractivity contribution < 1.29 is 9.53 Å². The molecule has 0 fully saturated rings. The van der Waals surface area contributed by atoms with Crippen molar-refractivity contribution in [3.8, 4) is 5.75 Å². The Hall–Kier alpha value is -2.43. The highest BCUT2D eigenvalue weighted by molar-refractivity contribution is 5.94. The standard InChI is InChI=1S/C18H23N3O2/c1-12(2)17-20-11-16(13(3)21-17)18(22)19-10-9-14-5-7-15(23-4)8-6-14/h5-8,11-12H,9-10H2,1-4H3,(H,19,22). The molecular formula is C18H23N3O2. The van der Waals surface area contributed by atoms with Gasteiger partial charge in [-0.1, -0.05) is 26.0 Å². The number of hydrogen-bond donors (Lipinski definition) is 1. The van der Waals surface area contributed by atoms with Gasteiger partial charge in [-0.05, 0) is 31.0 Å². The summed E-state index contributed by atoms with van der Waals surface area (Å²) >= 11 is 0. The average Bonchev–Trinajstić information content (AvgIpc) is 2.55. The first-order chi connectivity index (χ1) is 11.0. The first kappa shape index (κ1) is 16.9. The fourth-order valence-corrected chi connectivity index (χ4v) is 2.19. The molecule has 23 heavy (non-hydrogen) atoms. The van der Waals surface area contributed by atoms with E-state index in [1.165, 1.54) is 0 Å². The maximum absolute atomic E-state index is 12.2. The number of nitrogens with one attached hydrogen (secondary N) is 1. The molecule has 0 spiro atoms. The zero-order valence-corrected chi connectivity index (χ0v) is 14.1. The number of hydrogen-bond acceptors (Lipinski definition) is 4. The van der Waals surface area contributed by atoms with Crippen LogP contribution < -0.4 is 10.1 Å². The zero-order chi connectivity index (χ0) is 16.8. The molecule has 2 aromatic rings. The third-order valence-electron chi connectivity index (χ3n) is 3.62. The van der Waals surface area contributed by atoms with Crippen molar-refractivity contribution in [3.05, 3.63) is 53.1 Å². The minimum absolute atomic E-state index is 0.133. The van der Waals surface area contributed by atoms with Crippen molar-refractivity contribution in [2.75, 3.05) is 13.7 Å². The fourth-order valence-electron chi connectivity index (χ4n) is 2.19. The van der Waals surface area contributed by atoms with Gasteiger partial charge in [-0.25, -0.2) is 9.97 Å². The van der Waals surface area contributed by atoms with Gasteiger partial charge in [-0.3, -0.25) is 4.79 Å². The number of ether oxygens (including phenoxy) is 1. The van der Waals surface area contributed by atoms with Crippen LogP contribution in [0.1, 0.15) is 47.2 Å². The molecule has 0 atom stereocenters. The highest BCUT2D eigenvalue weighted by atomic mass is 16.5. The van der Waals surface area contributed by atoms with Gasteiger partial charge in [0.2, 0.25) is 0 Å². The highest BCUT2D eigenvalue weighted by Gasteiger charge is 2.12. The highest BCUT2D eigenvalue weighted by Crippen LogP contribution is 2.12. The molecule has 5 nitrogen and oxygen atoms in total. The molecular weight excluding hydrogens is 290 g/mol. The van der Waals surface area contributed by atoms with Crippen LogP contribution in [0, 0.1) is 6.92 Å². The molecule has 1 aromatic heterocycles. The van der Waals surface area contributed by atoms with E-state index in [2.05, 4.69) is 15.3 Å². The van der Waals surface area contributed by atoms with Crippen LogP contribution in [0.2, 0.25) is 0 Å². The number of carbonyl (C=O) groups is 1. The van der Waals surface area contributed by atoms with E-state index in [4.69, 9.17) is 4.74 Å². The predicted octanol–water partition coefficient (Wildman–Crippen LogP) is 2.89. The monoisotopic (exact) mass is 313 g/mol. The van der Waals surface area contributed by atoms with E-state index in [0.717, 1.165) is 23.6 Å². The van der Waals surface area contributed by atoms with Crippen molar-refractivity contribution in [1.82, 2.24) is 15.3 Å². The Bertz CT molecular complexity index is 666. The summed E-state index contributed by atoms with van der Waals surface area (Å²) in [5, 5.41) is 2.92. The summed E-state index contributed by atoms with van der Waals surface area (Å²) in [5.74, 6) is 1.71. The second kappa shape index (κ2) is 7.72. The van der Waals surface area contributed by atoms with Crippen LogP contribution in [0.25, 0.3) is 0 Å². The van der Waals surface area contributed by atoms with E-state index in [9.17, 15) is 4.79 Å². The van der Waals surface area contributed by atoms with Gasteiger partial charge in [0.25, 0.3) is 5.91 Å². The SMILES string of the molecule is COc1ccc(CCNC(=O)c2cnc(C(C)C)nc2C)cc1. The van der Waals surface area contributed by atoms with Crippen LogP contribution in [0.4, 0.5) is 0 Å². The quantitative estimate of drug-likeness (QED) is 0.890. The second-order valence-electron chi connectivity index (χ2n) is 5.74. The van der Waals surface area contributed by atoms with Crippen LogP contribution in [0.5, 0.6) is 5.75 Å². The van der Waals surface area contributed by atoms with Gasteiger partial charge in [0.1, 0.15) is 11.6 Å². The normalized spacial score (nSPS) is 10.7. The van der Waals surface area contributed by atoms with Crippen molar-refractivity contribution in [3.63, 3.8) is 0 Å². The molecule has 2 rings (SSSR count). The third-order valence-corrected chi connectivity index (χ3v) is 3.62. The van der Waals surface area contributed by atoms with E-state index in [-0.39, 0.29) is 11.8 Å². The van der Waals surface area contributed by atoms with Crippen LogP contribution in [-0.4, -0.2) is 29.5 Å². The number of amides is 1. The minimum Gasteiger partial charge on any atom is -0.497 e. The third kappa shape index (κ3) is 4.52. The lowest BCUT2D eigenvalue weighted by Crippen LogP contribution is -2.27. The number of benzene rings is 1. The van der Waals surface area contributed by atoms with Gasteiger partial charge in [0.05, 0.1) is 18.4 Å². The van der Waals surface area contributed by atoms with Crippen molar-refractivity contribution in [2.24, 2.45) is 0 Å². The fraction of sp³-hybridized carbons (Fsp3) is 0.389. The second-order valence-corrected chi connectivity index (χ2v) is 5.74. The lowest BCUT2D eigenvalue weighted by molar-refractivity contribution is 0.0952. The molecule has 0 aliphatic carbocycles. The molecule has 1 heterocycles. The maximum atomic E-state index is 12.2. The molecule has 5 heteroatoms. The molecule has 0 radical (unpaired) electrons. The Morgan fingerprint density at radius 3 is 2.52 bits per heavy atom. The van der Waals surface area contributed by atoms with Gasteiger partial charge in [-0.15, -0.1) is 0 Å². The number of carbonyl (C=O) groups excluding carboxylic acids is 1. The average molecular weight is 313 g/mol. The van der Waals surface area contributed by atoms with Crippen LogP contribution in [-0.2, 0) is 6.42 Å². The van der Waals surface area contributed by atoms with E-state index in [1.807, 2.05) is 45.0 Å². The van der Waals surface area contributed by atoms with E-state index < -0.39 is 0 Å². The molecule has 0 aliphatic heterocycles. The summed E-state index contributed by atoms with van der Waals surface area (Å²) in [6, 6.07) is 7.83. The van der Waals surface area contributed by atoms with E-state index in [0.29, 0.717) is 17.8 Å². The largest absolute Gasteiger partial charge is 0.497 e. The van der Waals surface area contributed by atoms with Gasteiger partial charge >= 0.3 is 0 Å². The predicted molar refractivity (Wildman–Crippen MR) is 89.9 cm³/mol. The number of aromatic nitrogens is 2. The molecule has 0 saturated heterocycles.